The van der Waals surface area contributed by atoms with Gasteiger partial charge in [-0.2, -0.15) is 0 Å². The second-order valence-corrected chi connectivity index (χ2v) is 8.04. The summed E-state index contributed by atoms with van der Waals surface area (Å²) in [5.41, 5.74) is 1.12. The molecule has 0 unspecified atom stereocenters. The van der Waals surface area contributed by atoms with Crippen LogP contribution in [0.2, 0.25) is 0 Å². The third-order valence-electron chi connectivity index (χ3n) is 5.30. The standard InChI is InChI=1S/C25H41NO3/c26-24(29-22-23-18-14-13-15-19-23)20-16-11-9-7-5-3-1-2-4-6-8-10-12-17-21-25(27)28/h13-15,18-19,26H,1-12,16-17,20-22H2,(H,27,28). The zero-order valence-electron chi connectivity index (χ0n) is 18.2. The third-order valence-corrected chi connectivity index (χ3v) is 5.30. The Hall–Kier alpha value is -1.84. The van der Waals surface area contributed by atoms with E-state index in [0.717, 1.165) is 31.2 Å². The molecule has 0 atom stereocenters. The van der Waals surface area contributed by atoms with Gasteiger partial charge in [-0.25, -0.2) is 0 Å². The molecule has 0 bridgehead atoms. The smallest absolute Gasteiger partial charge is 0.303 e. The van der Waals surface area contributed by atoms with Gasteiger partial charge in [0.05, 0.1) is 0 Å². The van der Waals surface area contributed by atoms with Gasteiger partial charge in [0, 0.05) is 12.8 Å². The molecule has 4 nitrogen and oxygen atoms in total. The number of nitrogens with one attached hydrogen (secondary N) is 1. The summed E-state index contributed by atoms with van der Waals surface area (Å²) in [6, 6.07) is 10.0. The van der Waals surface area contributed by atoms with E-state index in [2.05, 4.69) is 0 Å². The van der Waals surface area contributed by atoms with Crippen LogP contribution in [0.3, 0.4) is 0 Å². The zero-order chi connectivity index (χ0) is 21.0. The van der Waals surface area contributed by atoms with Gasteiger partial charge in [0.1, 0.15) is 6.61 Å². The Labute approximate surface area is 177 Å². The normalized spacial score (nSPS) is 10.8. The maximum atomic E-state index is 10.4. The first-order valence-electron chi connectivity index (χ1n) is 11.6. The Morgan fingerprint density at radius 2 is 1.10 bits per heavy atom. The van der Waals surface area contributed by atoms with Crippen LogP contribution in [-0.4, -0.2) is 17.0 Å². The number of carboxylic acids is 1. The maximum absolute atomic E-state index is 10.4. The summed E-state index contributed by atoms with van der Waals surface area (Å²) in [6.45, 7) is 0.504. The number of unbranched alkanes of at least 4 members (excludes halogenated alkanes) is 13. The molecule has 0 radical (unpaired) electrons. The lowest BCUT2D eigenvalue weighted by molar-refractivity contribution is -0.137. The molecule has 0 fully saturated rings. The Morgan fingerprint density at radius 3 is 1.55 bits per heavy atom. The minimum absolute atomic E-state index is 0.324. The molecule has 0 saturated carbocycles. The van der Waals surface area contributed by atoms with Crippen molar-refractivity contribution in [1.29, 1.82) is 5.41 Å². The highest BCUT2D eigenvalue weighted by Gasteiger charge is 2.00. The van der Waals surface area contributed by atoms with E-state index in [1.54, 1.807) is 0 Å². The monoisotopic (exact) mass is 403 g/mol. The summed E-state index contributed by atoms with van der Waals surface area (Å²) in [4.78, 5) is 10.4. The number of carboxylic acid groups (broad SMARTS) is 1. The van der Waals surface area contributed by atoms with Gasteiger partial charge in [-0.3, -0.25) is 10.2 Å². The van der Waals surface area contributed by atoms with Crippen molar-refractivity contribution in [1.82, 2.24) is 0 Å². The number of carbonyl (C=O) groups is 1. The summed E-state index contributed by atoms with van der Waals surface area (Å²) in [5, 5.41) is 16.5. The van der Waals surface area contributed by atoms with Crippen LogP contribution < -0.4 is 0 Å². The van der Waals surface area contributed by atoms with E-state index in [1.165, 1.54) is 70.6 Å². The highest BCUT2D eigenvalue weighted by atomic mass is 16.5. The van der Waals surface area contributed by atoms with Crippen LogP contribution in [0.25, 0.3) is 0 Å². The second kappa shape index (κ2) is 18.2. The van der Waals surface area contributed by atoms with Gasteiger partial charge >= 0.3 is 5.97 Å². The van der Waals surface area contributed by atoms with Gasteiger partial charge in [0.15, 0.2) is 5.90 Å². The van der Waals surface area contributed by atoms with Crippen molar-refractivity contribution in [3.05, 3.63) is 35.9 Å². The first kappa shape index (κ1) is 25.2. The molecular weight excluding hydrogens is 362 g/mol. The average Bonchev–Trinajstić information content (AvgIpc) is 2.72. The predicted octanol–water partition coefficient (Wildman–Crippen LogP) is 7.51. The Kier molecular flexibility index (Phi) is 15.8. The lowest BCUT2D eigenvalue weighted by Gasteiger charge is -2.07. The molecule has 1 aromatic carbocycles. The molecule has 0 saturated heterocycles. The Balaban J connectivity index is 1.75. The Morgan fingerprint density at radius 1 is 0.690 bits per heavy atom. The molecule has 0 aliphatic heterocycles. The molecule has 29 heavy (non-hydrogen) atoms. The van der Waals surface area contributed by atoms with Gasteiger partial charge in [0.25, 0.3) is 0 Å². The Bertz CT molecular complexity index is 530. The maximum Gasteiger partial charge on any atom is 0.303 e. The van der Waals surface area contributed by atoms with Crippen LogP contribution in [0.15, 0.2) is 30.3 Å². The second-order valence-electron chi connectivity index (χ2n) is 8.04. The molecular formula is C25H41NO3. The highest BCUT2D eigenvalue weighted by molar-refractivity contribution is 5.72. The van der Waals surface area contributed by atoms with Gasteiger partial charge in [-0.15, -0.1) is 0 Å². The van der Waals surface area contributed by atoms with E-state index >= 15 is 0 Å². The fraction of sp³-hybridized carbons (Fsp3) is 0.680. The van der Waals surface area contributed by atoms with E-state index in [1.807, 2.05) is 30.3 Å². The molecule has 1 rings (SSSR count). The molecule has 1 aromatic rings. The molecule has 4 heteroatoms. The minimum Gasteiger partial charge on any atom is -0.481 e. The van der Waals surface area contributed by atoms with Crippen LogP contribution in [0.5, 0.6) is 0 Å². The van der Waals surface area contributed by atoms with Crippen LogP contribution in [0, 0.1) is 5.41 Å². The molecule has 0 aliphatic carbocycles. The molecule has 164 valence electrons. The first-order valence-corrected chi connectivity index (χ1v) is 11.6. The van der Waals surface area contributed by atoms with Crippen molar-refractivity contribution in [3.8, 4) is 0 Å². The van der Waals surface area contributed by atoms with Crippen LogP contribution in [0.4, 0.5) is 0 Å². The summed E-state index contributed by atoms with van der Waals surface area (Å²) in [6.07, 6.45) is 18.2. The number of hydrogen-bond acceptors (Lipinski definition) is 3. The number of rotatable bonds is 19. The molecule has 0 aliphatic rings. The summed E-state index contributed by atoms with van der Waals surface area (Å²) >= 11 is 0. The number of ether oxygens (including phenoxy) is 1. The van der Waals surface area contributed by atoms with E-state index in [4.69, 9.17) is 15.3 Å². The van der Waals surface area contributed by atoms with E-state index < -0.39 is 5.97 Å². The van der Waals surface area contributed by atoms with Crippen LogP contribution in [-0.2, 0) is 16.1 Å². The fourth-order valence-electron chi connectivity index (χ4n) is 3.50. The van der Waals surface area contributed by atoms with Crippen LogP contribution in [0.1, 0.15) is 108 Å². The van der Waals surface area contributed by atoms with Crippen molar-refractivity contribution in [2.45, 2.75) is 109 Å². The van der Waals surface area contributed by atoms with Crippen LogP contribution >= 0.6 is 0 Å². The van der Waals surface area contributed by atoms with Crippen molar-refractivity contribution < 1.29 is 14.6 Å². The van der Waals surface area contributed by atoms with Crippen molar-refractivity contribution in [2.75, 3.05) is 0 Å². The summed E-state index contributed by atoms with van der Waals surface area (Å²) in [5.74, 6) is -0.256. The number of hydrogen-bond donors (Lipinski definition) is 2. The predicted molar refractivity (Wildman–Crippen MR) is 120 cm³/mol. The lowest BCUT2D eigenvalue weighted by atomic mass is 10.0. The van der Waals surface area contributed by atoms with Gasteiger partial charge < -0.3 is 9.84 Å². The van der Waals surface area contributed by atoms with Crippen molar-refractivity contribution in [3.63, 3.8) is 0 Å². The topological polar surface area (TPSA) is 70.4 Å². The largest absolute Gasteiger partial charge is 0.481 e. The van der Waals surface area contributed by atoms with Gasteiger partial charge in [0.2, 0.25) is 0 Å². The average molecular weight is 404 g/mol. The number of aliphatic carboxylic acids is 1. The third kappa shape index (κ3) is 16.8. The first-order chi connectivity index (χ1) is 14.2. The quantitative estimate of drug-likeness (QED) is 0.143. The highest BCUT2D eigenvalue weighted by Crippen LogP contribution is 2.14. The number of benzene rings is 1. The van der Waals surface area contributed by atoms with E-state index in [0.29, 0.717) is 18.9 Å². The fourth-order valence-corrected chi connectivity index (χ4v) is 3.50. The SMILES string of the molecule is N=C(CCCCCCCCCCCCCCCCC(=O)O)OCc1ccccc1. The van der Waals surface area contributed by atoms with Gasteiger partial charge in [-0.05, 0) is 18.4 Å². The molecule has 0 spiro atoms. The molecule has 0 heterocycles. The van der Waals surface area contributed by atoms with E-state index in [-0.39, 0.29) is 0 Å². The van der Waals surface area contributed by atoms with Crippen molar-refractivity contribution in [2.24, 2.45) is 0 Å². The molecule has 2 N–H and O–H groups in total. The molecule has 0 aromatic heterocycles. The van der Waals surface area contributed by atoms with E-state index in [9.17, 15) is 4.79 Å². The summed E-state index contributed by atoms with van der Waals surface area (Å²) in [7, 11) is 0. The van der Waals surface area contributed by atoms with Crippen molar-refractivity contribution >= 4 is 11.9 Å². The molecule has 0 amide bonds. The lowest BCUT2D eigenvalue weighted by Crippen LogP contribution is -2.03. The van der Waals surface area contributed by atoms with Gasteiger partial charge in [-0.1, -0.05) is 107 Å². The summed E-state index contributed by atoms with van der Waals surface area (Å²) < 4.78 is 5.52. The minimum atomic E-state index is -0.669. The zero-order valence-corrected chi connectivity index (χ0v) is 18.2.